The van der Waals surface area contributed by atoms with E-state index in [0.29, 0.717) is 13.1 Å². The van der Waals surface area contributed by atoms with E-state index in [9.17, 15) is 4.79 Å². The summed E-state index contributed by atoms with van der Waals surface area (Å²) >= 11 is 0. The lowest BCUT2D eigenvalue weighted by Gasteiger charge is -2.18. The summed E-state index contributed by atoms with van der Waals surface area (Å²) in [7, 11) is 3.41. The van der Waals surface area contributed by atoms with E-state index < -0.39 is 0 Å². The third-order valence-electron chi connectivity index (χ3n) is 3.49. The molecule has 1 aromatic rings. The van der Waals surface area contributed by atoms with Crippen LogP contribution in [-0.2, 0) is 11.2 Å². The van der Waals surface area contributed by atoms with Crippen molar-refractivity contribution < 1.29 is 9.53 Å². The monoisotopic (exact) mass is 334 g/mol. The zero-order valence-corrected chi connectivity index (χ0v) is 15.4. The molecule has 0 aromatic heterocycles. The van der Waals surface area contributed by atoms with Crippen molar-refractivity contribution in [2.45, 2.75) is 27.2 Å². The minimum atomic E-state index is -0.366. The number of methoxy groups -OCH3 is 1. The number of guanidine groups is 1. The van der Waals surface area contributed by atoms with E-state index >= 15 is 0 Å². The highest BCUT2D eigenvalue weighted by atomic mass is 16.5. The molecule has 0 aliphatic heterocycles. The van der Waals surface area contributed by atoms with E-state index in [2.05, 4.69) is 27.0 Å². The molecule has 0 unspecified atom stereocenters. The van der Waals surface area contributed by atoms with Gasteiger partial charge in [0.25, 0.3) is 0 Å². The fourth-order valence-electron chi connectivity index (χ4n) is 2.07. The van der Waals surface area contributed by atoms with E-state index in [4.69, 9.17) is 4.74 Å². The average molecular weight is 334 g/mol. The van der Waals surface area contributed by atoms with E-state index in [1.165, 1.54) is 0 Å². The van der Waals surface area contributed by atoms with Gasteiger partial charge < -0.3 is 20.7 Å². The van der Waals surface area contributed by atoms with Gasteiger partial charge in [-0.25, -0.2) is 0 Å². The van der Waals surface area contributed by atoms with Crippen LogP contribution in [0.2, 0.25) is 0 Å². The summed E-state index contributed by atoms with van der Waals surface area (Å²) < 4.78 is 5.34. The van der Waals surface area contributed by atoms with Crippen LogP contribution >= 0.6 is 0 Å². The lowest BCUT2D eigenvalue weighted by atomic mass is 9.96. The number of nitrogens with zero attached hydrogens (tertiary/aromatic N) is 1. The molecule has 0 aliphatic rings. The quantitative estimate of drug-likeness (QED) is 0.402. The number of para-hydroxylation sites is 1. The van der Waals surface area contributed by atoms with Gasteiger partial charge in [-0.15, -0.1) is 0 Å². The number of rotatable bonds is 7. The van der Waals surface area contributed by atoms with Crippen molar-refractivity contribution in [1.82, 2.24) is 16.0 Å². The van der Waals surface area contributed by atoms with Crippen LogP contribution in [0.4, 0.5) is 0 Å². The van der Waals surface area contributed by atoms with Crippen molar-refractivity contribution in [1.29, 1.82) is 0 Å². The first-order valence-corrected chi connectivity index (χ1v) is 8.23. The number of carbonyl (C=O) groups excluding carboxylic acids is 1. The van der Waals surface area contributed by atoms with Crippen LogP contribution in [0, 0.1) is 5.41 Å². The molecule has 1 rings (SSSR count). The first-order valence-electron chi connectivity index (χ1n) is 8.23. The lowest BCUT2D eigenvalue weighted by molar-refractivity contribution is -0.128. The average Bonchev–Trinajstić information content (AvgIpc) is 2.56. The Hall–Kier alpha value is -2.24. The van der Waals surface area contributed by atoms with Gasteiger partial charge in [-0.1, -0.05) is 39.0 Å². The lowest BCUT2D eigenvalue weighted by Crippen LogP contribution is -2.43. The predicted octanol–water partition coefficient (Wildman–Crippen LogP) is 1.57. The number of hydrogen-bond acceptors (Lipinski definition) is 3. The maximum atomic E-state index is 11.8. The molecular weight excluding hydrogens is 304 g/mol. The smallest absolute Gasteiger partial charge is 0.225 e. The van der Waals surface area contributed by atoms with Crippen molar-refractivity contribution in [2.24, 2.45) is 10.4 Å². The van der Waals surface area contributed by atoms with Crippen molar-refractivity contribution >= 4 is 11.9 Å². The van der Waals surface area contributed by atoms with Crippen molar-refractivity contribution in [3.05, 3.63) is 29.8 Å². The molecule has 1 aromatic carbocycles. The van der Waals surface area contributed by atoms with E-state index in [1.54, 1.807) is 14.2 Å². The van der Waals surface area contributed by atoms with Gasteiger partial charge in [-0.3, -0.25) is 9.79 Å². The Bertz CT molecular complexity index is 550. The molecule has 0 fully saturated rings. The van der Waals surface area contributed by atoms with E-state index in [-0.39, 0.29) is 11.3 Å². The van der Waals surface area contributed by atoms with Crippen molar-refractivity contribution in [3.63, 3.8) is 0 Å². The summed E-state index contributed by atoms with van der Waals surface area (Å²) in [6, 6.07) is 7.98. The van der Waals surface area contributed by atoms with Crippen LogP contribution in [0.1, 0.15) is 26.3 Å². The van der Waals surface area contributed by atoms with Crippen LogP contribution in [0.25, 0.3) is 0 Å². The van der Waals surface area contributed by atoms with Crippen LogP contribution in [-0.4, -0.2) is 45.7 Å². The molecule has 0 saturated carbocycles. The Balaban J connectivity index is 2.30. The summed E-state index contributed by atoms with van der Waals surface area (Å²) in [5, 5.41) is 9.34. The number of carbonyl (C=O) groups is 1. The summed E-state index contributed by atoms with van der Waals surface area (Å²) in [6.07, 6.45) is 0.839. The highest BCUT2D eigenvalue weighted by molar-refractivity contribution is 5.81. The molecule has 0 spiro atoms. The molecule has 0 heterocycles. The van der Waals surface area contributed by atoms with Crippen LogP contribution in [0.3, 0.4) is 0 Å². The van der Waals surface area contributed by atoms with Crippen LogP contribution < -0.4 is 20.7 Å². The van der Waals surface area contributed by atoms with Gasteiger partial charge in [-0.05, 0) is 18.1 Å². The van der Waals surface area contributed by atoms with Gasteiger partial charge in [0.1, 0.15) is 5.75 Å². The number of nitrogens with one attached hydrogen (secondary N) is 3. The molecule has 0 atom stereocenters. The molecule has 6 heteroatoms. The van der Waals surface area contributed by atoms with E-state index in [1.807, 2.05) is 39.0 Å². The van der Waals surface area contributed by atoms with Crippen LogP contribution in [0.5, 0.6) is 5.75 Å². The maximum Gasteiger partial charge on any atom is 0.225 e. The Morgan fingerprint density at radius 2 is 1.71 bits per heavy atom. The molecule has 0 radical (unpaired) electrons. The molecular formula is C18H30N4O2. The molecule has 0 bridgehead atoms. The van der Waals surface area contributed by atoms with Gasteiger partial charge in [0, 0.05) is 32.1 Å². The maximum absolute atomic E-state index is 11.8. The Labute approximate surface area is 145 Å². The topological polar surface area (TPSA) is 74.8 Å². The van der Waals surface area contributed by atoms with Gasteiger partial charge in [0.05, 0.1) is 7.11 Å². The van der Waals surface area contributed by atoms with Gasteiger partial charge in [0.15, 0.2) is 5.96 Å². The summed E-state index contributed by atoms with van der Waals surface area (Å²) in [5.41, 5.74) is 0.787. The molecule has 0 aliphatic carbocycles. The summed E-state index contributed by atoms with van der Waals surface area (Å²) in [6.45, 7) is 7.62. The second-order valence-electron chi connectivity index (χ2n) is 6.49. The number of benzene rings is 1. The third-order valence-corrected chi connectivity index (χ3v) is 3.49. The van der Waals surface area contributed by atoms with Gasteiger partial charge in [0.2, 0.25) is 5.91 Å². The minimum absolute atomic E-state index is 0.0448. The third kappa shape index (κ3) is 6.89. The molecule has 3 N–H and O–H groups in total. The molecule has 6 nitrogen and oxygen atoms in total. The number of amides is 1. The van der Waals surface area contributed by atoms with Gasteiger partial charge in [-0.2, -0.15) is 0 Å². The van der Waals surface area contributed by atoms with Crippen LogP contribution in [0.15, 0.2) is 29.3 Å². The van der Waals surface area contributed by atoms with E-state index in [0.717, 1.165) is 30.2 Å². The Morgan fingerprint density at radius 3 is 2.33 bits per heavy atom. The second-order valence-corrected chi connectivity index (χ2v) is 6.49. The fourth-order valence-corrected chi connectivity index (χ4v) is 2.07. The minimum Gasteiger partial charge on any atom is -0.496 e. The standard InChI is InChI=1S/C18H30N4O2/c1-18(2,3)16(23)20-12-13-22-17(19-4)21-11-10-14-8-6-7-9-15(14)24-5/h6-9H,10-13H2,1-5H3,(H,20,23)(H2,19,21,22). The largest absolute Gasteiger partial charge is 0.496 e. The molecule has 134 valence electrons. The zero-order valence-electron chi connectivity index (χ0n) is 15.4. The summed E-state index contributed by atoms with van der Waals surface area (Å²) in [5.74, 6) is 1.66. The predicted molar refractivity (Wildman–Crippen MR) is 98.5 cm³/mol. The first-order chi connectivity index (χ1) is 11.4. The molecule has 0 saturated heterocycles. The Morgan fingerprint density at radius 1 is 1.08 bits per heavy atom. The number of hydrogen-bond donors (Lipinski definition) is 3. The number of ether oxygens (including phenoxy) is 1. The molecule has 24 heavy (non-hydrogen) atoms. The highest BCUT2D eigenvalue weighted by Crippen LogP contribution is 2.17. The summed E-state index contributed by atoms with van der Waals surface area (Å²) in [4.78, 5) is 15.9. The molecule has 1 amide bonds. The SMILES string of the molecule is CN=C(NCCNC(=O)C(C)(C)C)NCCc1ccccc1OC. The highest BCUT2D eigenvalue weighted by Gasteiger charge is 2.20. The Kier molecular flexibility index (Phi) is 8.09. The second kappa shape index (κ2) is 9.80. The number of aliphatic imine (C=N–C) groups is 1. The van der Waals surface area contributed by atoms with Gasteiger partial charge >= 0.3 is 0 Å². The zero-order chi connectivity index (χ0) is 18.0. The van der Waals surface area contributed by atoms with Crippen molar-refractivity contribution in [3.8, 4) is 5.75 Å². The normalized spacial score (nSPS) is 11.8. The van der Waals surface area contributed by atoms with Crippen molar-refractivity contribution in [2.75, 3.05) is 33.8 Å². The first kappa shape index (κ1) is 19.8. The fraction of sp³-hybridized carbons (Fsp3) is 0.556.